The summed E-state index contributed by atoms with van der Waals surface area (Å²) in [5.41, 5.74) is 2.96. The maximum atomic E-state index is 12.6. The number of benzene rings is 2. The molecule has 0 aliphatic rings. The Morgan fingerprint density at radius 2 is 2.00 bits per heavy atom. The molecule has 0 aliphatic heterocycles. The van der Waals surface area contributed by atoms with Gasteiger partial charge in [-0.2, -0.15) is 10.2 Å². The first-order valence-corrected chi connectivity index (χ1v) is 10.2. The van der Waals surface area contributed by atoms with Gasteiger partial charge in [0.15, 0.2) is 12.4 Å². The summed E-state index contributed by atoms with van der Waals surface area (Å²) in [7, 11) is 0. The number of aromatic nitrogens is 4. The molecule has 158 valence electrons. The second kappa shape index (κ2) is 9.24. The van der Waals surface area contributed by atoms with E-state index in [0.29, 0.717) is 28.0 Å². The zero-order valence-electron chi connectivity index (χ0n) is 16.6. The van der Waals surface area contributed by atoms with Crippen LogP contribution < -0.4 is 10.1 Å². The fourth-order valence-electron chi connectivity index (χ4n) is 2.97. The normalized spacial score (nSPS) is 10.8. The number of rotatable bonds is 7. The molecule has 2 aromatic heterocycles. The summed E-state index contributed by atoms with van der Waals surface area (Å²) in [4.78, 5) is 12.6. The fraction of sp³-hybridized carbons (Fsp3) is 0.136. The summed E-state index contributed by atoms with van der Waals surface area (Å²) in [5.74, 6) is 0.255. The first-order valence-electron chi connectivity index (χ1n) is 9.47. The van der Waals surface area contributed by atoms with Gasteiger partial charge in [-0.1, -0.05) is 41.4 Å². The van der Waals surface area contributed by atoms with Crippen LogP contribution in [0.2, 0.25) is 10.0 Å². The minimum absolute atomic E-state index is 0.137. The van der Waals surface area contributed by atoms with E-state index >= 15 is 0 Å². The van der Waals surface area contributed by atoms with Crippen LogP contribution in [-0.4, -0.2) is 25.5 Å². The summed E-state index contributed by atoms with van der Waals surface area (Å²) in [6, 6.07) is 14.7. The number of aryl methyl sites for hydroxylation is 1. The van der Waals surface area contributed by atoms with Crippen molar-refractivity contribution in [2.45, 2.75) is 20.2 Å². The van der Waals surface area contributed by atoms with Gasteiger partial charge in [0.05, 0.1) is 22.8 Å². The molecule has 4 rings (SSSR count). The van der Waals surface area contributed by atoms with Crippen LogP contribution in [0.1, 0.15) is 21.6 Å². The van der Waals surface area contributed by atoms with Gasteiger partial charge in [-0.25, -0.2) is 4.68 Å². The van der Waals surface area contributed by atoms with Gasteiger partial charge in [-0.3, -0.25) is 9.48 Å². The molecular weight excluding hydrogens is 437 g/mol. The molecule has 9 heteroatoms. The molecule has 1 amide bonds. The Labute approximate surface area is 189 Å². The number of nitrogens with zero attached hydrogens (tertiary/aromatic N) is 4. The largest absolute Gasteiger partial charge is 0.470 e. The minimum atomic E-state index is -0.313. The van der Waals surface area contributed by atoms with E-state index in [1.54, 1.807) is 35.4 Å². The lowest BCUT2D eigenvalue weighted by Crippen LogP contribution is -2.14. The zero-order chi connectivity index (χ0) is 21.8. The molecule has 2 heterocycles. The van der Waals surface area contributed by atoms with Gasteiger partial charge in [-0.05, 0) is 48.4 Å². The van der Waals surface area contributed by atoms with Crippen LogP contribution in [0.5, 0.6) is 5.75 Å². The number of anilines is 1. The van der Waals surface area contributed by atoms with Gasteiger partial charge in [0.25, 0.3) is 5.91 Å². The van der Waals surface area contributed by atoms with Gasteiger partial charge in [0.1, 0.15) is 5.75 Å². The summed E-state index contributed by atoms with van der Waals surface area (Å²) >= 11 is 12.0. The topological polar surface area (TPSA) is 74.0 Å². The van der Waals surface area contributed by atoms with Crippen molar-refractivity contribution in [1.29, 1.82) is 0 Å². The second-order valence-electron chi connectivity index (χ2n) is 6.96. The lowest BCUT2D eigenvalue weighted by molar-refractivity contribution is 0.102. The number of hydrogen-bond donors (Lipinski definition) is 1. The first kappa shape index (κ1) is 21.0. The highest BCUT2D eigenvalue weighted by Crippen LogP contribution is 2.25. The Bertz CT molecular complexity index is 1220. The molecule has 1 N–H and O–H groups in total. The third kappa shape index (κ3) is 5.45. The van der Waals surface area contributed by atoms with Gasteiger partial charge in [0, 0.05) is 18.1 Å². The number of hydrogen-bond acceptors (Lipinski definition) is 4. The number of carbonyl (C=O) groups excluding carboxylic acids is 1. The highest BCUT2D eigenvalue weighted by atomic mass is 35.5. The van der Waals surface area contributed by atoms with Crippen molar-refractivity contribution < 1.29 is 9.53 Å². The van der Waals surface area contributed by atoms with Crippen molar-refractivity contribution >= 4 is 34.8 Å². The van der Waals surface area contributed by atoms with Crippen molar-refractivity contribution in [3.05, 3.63) is 94.0 Å². The van der Waals surface area contributed by atoms with E-state index in [-0.39, 0.29) is 18.3 Å². The molecular formula is C22H19Cl2N5O2. The quantitative estimate of drug-likeness (QED) is 0.423. The molecule has 0 aliphatic carbocycles. The molecule has 2 aromatic carbocycles. The van der Waals surface area contributed by atoms with Crippen LogP contribution >= 0.6 is 23.2 Å². The molecule has 4 aromatic rings. The number of nitrogens with one attached hydrogen (secondary N) is 1. The van der Waals surface area contributed by atoms with Crippen molar-refractivity contribution in [2.75, 3.05) is 5.32 Å². The summed E-state index contributed by atoms with van der Waals surface area (Å²) in [6.45, 7) is 2.64. The molecule has 0 unspecified atom stereocenters. The van der Waals surface area contributed by atoms with Crippen LogP contribution in [0.3, 0.4) is 0 Å². The first-order chi connectivity index (χ1) is 15.0. The molecule has 0 spiro atoms. The smallest absolute Gasteiger partial charge is 0.276 e. The molecule has 7 nitrogen and oxygen atoms in total. The predicted molar refractivity (Wildman–Crippen MR) is 120 cm³/mol. The Morgan fingerprint density at radius 3 is 2.81 bits per heavy atom. The van der Waals surface area contributed by atoms with Crippen LogP contribution in [0.15, 0.2) is 67.1 Å². The van der Waals surface area contributed by atoms with Crippen molar-refractivity contribution in [2.24, 2.45) is 0 Å². The van der Waals surface area contributed by atoms with E-state index < -0.39 is 0 Å². The zero-order valence-corrected chi connectivity index (χ0v) is 18.1. The molecule has 0 atom stereocenters. The van der Waals surface area contributed by atoms with Crippen molar-refractivity contribution in [1.82, 2.24) is 19.6 Å². The van der Waals surface area contributed by atoms with E-state index in [1.165, 1.54) is 4.68 Å². The average molecular weight is 456 g/mol. The monoisotopic (exact) mass is 455 g/mol. The lowest BCUT2D eigenvalue weighted by Gasteiger charge is -2.09. The maximum absolute atomic E-state index is 12.6. The highest BCUT2D eigenvalue weighted by Gasteiger charge is 2.11. The Hall–Kier alpha value is -3.29. The van der Waals surface area contributed by atoms with Crippen LogP contribution in [0.4, 0.5) is 5.69 Å². The molecule has 0 bridgehead atoms. The predicted octanol–water partition coefficient (Wildman–Crippen LogP) is 5.03. The lowest BCUT2D eigenvalue weighted by atomic mass is 10.2. The van der Waals surface area contributed by atoms with Crippen LogP contribution in [0.25, 0.3) is 0 Å². The van der Waals surface area contributed by atoms with E-state index in [4.69, 9.17) is 27.9 Å². The number of carbonyl (C=O) groups is 1. The van der Waals surface area contributed by atoms with E-state index in [2.05, 4.69) is 15.5 Å². The average Bonchev–Trinajstić information content (AvgIpc) is 3.38. The number of halogens is 2. The standard InChI is InChI=1S/C22H19Cl2N5O2/c1-15-5-6-19(24)21(9-15)31-14-28-8-7-20(27-28)22(30)26-18-4-2-3-16(10-18)12-29-13-17(23)11-25-29/h2-11,13H,12,14H2,1H3,(H,26,30). The van der Waals surface area contributed by atoms with Crippen molar-refractivity contribution in [3.8, 4) is 5.75 Å². The molecule has 31 heavy (non-hydrogen) atoms. The third-order valence-corrected chi connectivity index (χ3v) is 4.95. The number of ether oxygens (including phenoxy) is 1. The molecule has 0 fully saturated rings. The van der Waals surface area contributed by atoms with Crippen LogP contribution in [0, 0.1) is 6.92 Å². The molecule has 0 saturated carbocycles. The Balaban J connectivity index is 1.37. The summed E-state index contributed by atoms with van der Waals surface area (Å²) < 4.78 is 8.97. The highest BCUT2D eigenvalue weighted by molar-refractivity contribution is 6.32. The minimum Gasteiger partial charge on any atom is -0.470 e. The fourth-order valence-corrected chi connectivity index (χ4v) is 3.29. The van der Waals surface area contributed by atoms with Gasteiger partial charge in [-0.15, -0.1) is 0 Å². The third-order valence-electron chi connectivity index (χ3n) is 4.44. The van der Waals surface area contributed by atoms with E-state index in [9.17, 15) is 4.79 Å². The maximum Gasteiger partial charge on any atom is 0.276 e. The molecule has 0 saturated heterocycles. The van der Waals surface area contributed by atoms with E-state index in [1.807, 2.05) is 43.3 Å². The summed E-state index contributed by atoms with van der Waals surface area (Å²) in [5, 5.41) is 12.4. The van der Waals surface area contributed by atoms with Gasteiger partial charge in [0.2, 0.25) is 0 Å². The second-order valence-corrected chi connectivity index (χ2v) is 7.80. The van der Waals surface area contributed by atoms with Gasteiger partial charge < -0.3 is 10.1 Å². The van der Waals surface area contributed by atoms with Crippen molar-refractivity contribution in [3.63, 3.8) is 0 Å². The summed E-state index contributed by atoms with van der Waals surface area (Å²) in [6.07, 6.45) is 5.00. The van der Waals surface area contributed by atoms with Gasteiger partial charge >= 0.3 is 0 Å². The van der Waals surface area contributed by atoms with Crippen LogP contribution in [-0.2, 0) is 13.3 Å². The Kier molecular flexibility index (Phi) is 6.25. The SMILES string of the molecule is Cc1ccc(Cl)c(OCn2ccc(C(=O)Nc3cccc(Cn4cc(Cl)cn4)c3)n2)c1. The Morgan fingerprint density at radius 1 is 1.13 bits per heavy atom. The number of amides is 1. The molecule has 0 radical (unpaired) electrons. The van der Waals surface area contributed by atoms with E-state index in [0.717, 1.165) is 11.1 Å².